The Morgan fingerprint density at radius 3 is 2.21 bits per heavy atom. The summed E-state index contributed by atoms with van der Waals surface area (Å²) in [5.41, 5.74) is 0.702. The van der Waals surface area contributed by atoms with Crippen LogP contribution in [-0.2, 0) is 15.2 Å². The predicted octanol–water partition coefficient (Wildman–Crippen LogP) is 2.22. The molecular weight excluding hydrogens is 452 g/mol. The number of piperidine rings is 1. The summed E-state index contributed by atoms with van der Waals surface area (Å²) in [5, 5.41) is 29.3. The van der Waals surface area contributed by atoms with E-state index in [1.54, 1.807) is 25.3 Å². The van der Waals surface area contributed by atoms with Crippen LogP contribution in [0.4, 0.5) is 0 Å². The van der Waals surface area contributed by atoms with Crippen LogP contribution in [0.1, 0.15) is 28.8 Å². The van der Waals surface area contributed by atoms with Crippen LogP contribution in [0, 0.1) is 0 Å². The summed E-state index contributed by atoms with van der Waals surface area (Å²) in [7, 11) is 1.58. The van der Waals surface area contributed by atoms with Gasteiger partial charge in [0.2, 0.25) is 0 Å². The van der Waals surface area contributed by atoms with E-state index in [-0.39, 0.29) is 5.91 Å². The van der Waals surface area contributed by atoms with Gasteiger partial charge >= 0.3 is 11.9 Å². The molecule has 1 aliphatic rings. The second-order valence-electron chi connectivity index (χ2n) is 7.48. The Labute approximate surface area is 196 Å². The van der Waals surface area contributed by atoms with Crippen molar-refractivity contribution >= 4 is 29.4 Å². The van der Waals surface area contributed by atoms with Crippen LogP contribution in [0.15, 0.2) is 48.5 Å². The van der Waals surface area contributed by atoms with Gasteiger partial charge in [-0.15, -0.1) is 0 Å². The normalized spacial score (nSPS) is 15.0. The van der Waals surface area contributed by atoms with Gasteiger partial charge < -0.3 is 30.3 Å². The average Bonchev–Trinajstić information content (AvgIpc) is 2.81. The summed E-state index contributed by atoms with van der Waals surface area (Å²) in [4.78, 5) is 32.7. The fraction of sp³-hybridized carbons (Fsp3) is 0.348. The smallest absolute Gasteiger partial charge is 0.414 e. The van der Waals surface area contributed by atoms with E-state index in [1.165, 1.54) is 0 Å². The van der Waals surface area contributed by atoms with Gasteiger partial charge in [0.25, 0.3) is 5.91 Å². The molecule has 178 valence electrons. The van der Waals surface area contributed by atoms with Crippen LogP contribution in [0.5, 0.6) is 5.75 Å². The number of halogens is 1. The highest BCUT2D eigenvalue weighted by atomic mass is 35.5. The number of methoxy groups -OCH3 is 1. The van der Waals surface area contributed by atoms with Crippen molar-refractivity contribution < 1.29 is 34.4 Å². The van der Waals surface area contributed by atoms with Gasteiger partial charge in [0.05, 0.1) is 12.7 Å². The van der Waals surface area contributed by atoms with Crippen LogP contribution >= 0.6 is 11.6 Å². The zero-order valence-electron chi connectivity index (χ0n) is 18.2. The molecule has 1 aliphatic heterocycles. The molecule has 0 spiro atoms. The number of carboxylic acid groups (broad SMARTS) is 2. The molecule has 3 rings (SSSR count). The highest BCUT2D eigenvalue weighted by Crippen LogP contribution is 2.33. The number of hydrogen-bond acceptors (Lipinski definition) is 6. The lowest BCUT2D eigenvalue weighted by Gasteiger charge is -2.38. The van der Waals surface area contributed by atoms with Gasteiger partial charge in [-0.3, -0.25) is 4.79 Å². The van der Waals surface area contributed by atoms with Crippen molar-refractivity contribution in [2.24, 2.45) is 0 Å². The average molecular weight is 479 g/mol. The number of carboxylic acids is 2. The molecule has 1 fully saturated rings. The van der Waals surface area contributed by atoms with Crippen molar-refractivity contribution in [3.63, 3.8) is 0 Å². The van der Waals surface area contributed by atoms with Gasteiger partial charge in [-0.05, 0) is 48.7 Å². The number of likely N-dealkylation sites (tertiary alicyclic amines) is 1. The summed E-state index contributed by atoms with van der Waals surface area (Å²) >= 11 is 5.93. The van der Waals surface area contributed by atoms with Crippen LogP contribution in [0.3, 0.4) is 0 Å². The molecule has 0 atom stereocenters. The minimum atomic E-state index is -1.82. The van der Waals surface area contributed by atoms with Crippen molar-refractivity contribution in [2.75, 3.05) is 33.3 Å². The summed E-state index contributed by atoms with van der Waals surface area (Å²) < 4.78 is 5.15. The maximum atomic E-state index is 12.2. The molecule has 1 heterocycles. The Hall–Kier alpha value is -3.14. The minimum Gasteiger partial charge on any atom is -0.497 e. The molecule has 4 N–H and O–H groups in total. The van der Waals surface area contributed by atoms with Crippen molar-refractivity contribution in [3.05, 3.63) is 64.7 Å². The minimum absolute atomic E-state index is 0.108. The summed E-state index contributed by atoms with van der Waals surface area (Å²) in [6.45, 7) is 2.89. The Bertz CT molecular complexity index is 946. The largest absolute Gasteiger partial charge is 0.497 e. The third-order valence-corrected chi connectivity index (χ3v) is 5.55. The topological polar surface area (TPSA) is 136 Å². The second-order valence-corrected chi connectivity index (χ2v) is 7.91. The predicted molar refractivity (Wildman–Crippen MR) is 122 cm³/mol. The maximum Gasteiger partial charge on any atom is 0.414 e. The molecule has 0 aliphatic carbocycles. The van der Waals surface area contributed by atoms with Gasteiger partial charge in [-0.2, -0.15) is 0 Å². The van der Waals surface area contributed by atoms with Crippen molar-refractivity contribution in [2.45, 2.75) is 18.4 Å². The number of benzene rings is 2. The zero-order chi connectivity index (χ0) is 24.4. The van der Waals surface area contributed by atoms with E-state index in [2.05, 4.69) is 10.2 Å². The molecule has 33 heavy (non-hydrogen) atoms. The molecule has 0 unspecified atom stereocenters. The Morgan fingerprint density at radius 1 is 1.06 bits per heavy atom. The van der Waals surface area contributed by atoms with Gasteiger partial charge in [-0.1, -0.05) is 29.8 Å². The van der Waals surface area contributed by atoms with Gasteiger partial charge in [0.15, 0.2) is 0 Å². The Balaban J connectivity index is 0.000000569. The molecule has 0 saturated carbocycles. The van der Waals surface area contributed by atoms with E-state index < -0.39 is 17.5 Å². The van der Waals surface area contributed by atoms with Gasteiger partial charge in [0, 0.05) is 36.8 Å². The number of rotatable bonds is 6. The standard InChI is InChI=1S/C21H25ClN2O3.C2H2O4/c1-27-19-4-2-3-16(15-19)20(25)23-11-14-24-12-9-21(26,10-13-24)17-5-7-18(22)8-6-17;3-1(4)2(5)6/h2-8,15,26H,9-14H2,1H3,(H,23,25);(H,3,4)(H,5,6). The molecule has 0 bridgehead atoms. The fourth-order valence-corrected chi connectivity index (χ4v) is 3.52. The summed E-state index contributed by atoms with van der Waals surface area (Å²) in [5.74, 6) is -3.09. The van der Waals surface area contributed by atoms with E-state index in [0.717, 1.165) is 25.2 Å². The van der Waals surface area contributed by atoms with E-state index in [4.69, 9.17) is 36.1 Å². The summed E-state index contributed by atoms with van der Waals surface area (Å²) in [6.07, 6.45) is 1.33. The first kappa shape index (κ1) is 26.1. The molecule has 1 saturated heterocycles. The number of nitrogens with zero attached hydrogens (tertiary/aromatic N) is 1. The number of hydrogen-bond donors (Lipinski definition) is 4. The number of aliphatic carboxylic acids is 2. The Kier molecular flexibility index (Phi) is 9.65. The first-order chi connectivity index (χ1) is 15.6. The molecule has 2 aromatic rings. The lowest BCUT2D eigenvalue weighted by molar-refractivity contribution is -0.159. The highest BCUT2D eigenvalue weighted by molar-refractivity contribution is 6.30. The molecule has 9 nitrogen and oxygen atoms in total. The first-order valence-corrected chi connectivity index (χ1v) is 10.6. The zero-order valence-corrected chi connectivity index (χ0v) is 18.9. The number of carbonyl (C=O) groups is 3. The lowest BCUT2D eigenvalue weighted by Crippen LogP contribution is -2.45. The third-order valence-electron chi connectivity index (χ3n) is 5.29. The number of amides is 1. The quantitative estimate of drug-likeness (QED) is 0.464. The van der Waals surface area contributed by atoms with Gasteiger partial charge in [0.1, 0.15) is 5.75 Å². The van der Waals surface area contributed by atoms with Crippen LogP contribution in [-0.4, -0.2) is 71.4 Å². The third kappa shape index (κ3) is 8.05. The number of carbonyl (C=O) groups excluding carboxylic acids is 1. The highest BCUT2D eigenvalue weighted by Gasteiger charge is 2.33. The second kappa shape index (κ2) is 12.2. The van der Waals surface area contributed by atoms with Crippen molar-refractivity contribution in [3.8, 4) is 5.75 Å². The molecule has 2 aromatic carbocycles. The number of ether oxygens (including phenoxy) is 1. The van der Waals surface area contributed by atoms with Crippen LogP contribution < -0.4 is 10.1 Å². The molecule has 1 amide bonds. The first-order valence-electron chi connectivity index (χ1n) is 10.2. The van der Waals surface area contributed by atoms with Crippen molar-refractivity contribution in [1.82, 2.24) is 10.2 Å². The van der Waals surface area contributed by atoms with E-state index in [0.29, 0.717) is 35.7 Å². The molecule has 10 heteroatoms. The summed E-state index contributed by atoms with van der Waals surface area (Å²) in [6, 6.07) is 14.5. The maximum absolute atomic E-state index is 12.2. The number of nitrogens with one attached hydrogen (secondary N) is 1. The lowest BCUT2D eigenvalue weighted by atomic mass is 9.84. The SMILES string of the molecule is COc1cccc(C(=O)NCCN2CCC(O)(c3ccc(Cl)cc3)CC2)c1.O=C(O)C(=O)O. The van der Waals surface area contributed by atoms with Crippen LogP contribution in [0.2, 0.25) is 5.02 Å². The number of aliphatic hydroxyl groups is 1. The van der Waals surface area contributed by atoms with Crippen LogP contribution in [0.25, 0.3) is 0 Å². The van der Waals surface area contributed by atoms with E-state index in [9.17, 15) is 9.90 Å². The fourth-order valence-electron chi connectivity index (χ4n) is 3.39. The molecular formula is C23H27ClN2O7. The van der Waals surface area contributed by atoms with Gasteiger partial charge in [-0.25, -0.2) is 9.59 Å². The molecule has 0 aromatic heterocycles. The van der Waals surface area contributed by atoms with E-state index in [1.807, 2.05) is 30.3 Å². The monoisotopic (exact) mass is 478 g/mol. The Morgan fingerprint density at radius 2 is 1.67 bits per heavy atom. The van der Waals surface area contributed by atoms with E-state index >= 15 is 0 Å². The van der Waals surface area contributed by atoms with Crippen molar-refractivity contribution in [1.29, 1.82) is 0 Å². The molecule has 0 radical (unpaired) electrons.